The SMILES string of the molecule is Cc1nc2c(C)cc(C(F)(C(F)(F)F)C(F)(F)F)cc2c(OC(=O)OC2CCOC2)c1C. The number of pyridine rings is 1. The molecule has 1 unspecified atom stereocenters. The van der Waals surface area contributed by atoms with E-state index in [0.717, 1.165) is 0 Å². The van der Waals surface area contributed by atoms with Gasteiger partial charge >= 0.3 is 24.2 Å². The van der Waals surface area contributed by atoms with E-state index >= 15 is 0 Å². The molecule has 1 fully saturated rings. The Bertz CT molecular complexity index is 1030. The van der Waals surface area contributed by atoms with Crippen LogP contribution in [0.3, 0.4) is 0 Å². The quantitative estimate of drug-likeness (QED) is 0.423. The van der Waals surface area contributed by atoms with Crippen molar-refractivity contribution >= 4 is 17.1 Å². The average Bonchev–Trinajstić information content (AvgIpc) is 3.16. The summed E-state index contributed by atoms with van der Waals surface area (Å²) in [4.78, 5) is 16.4. The standard InChI is InChI=1S/C20H18F7NO4/c1-9-6-12(18(21,19(22,23)24)20(25,26)27)7-14-15(9)28-11(3)10(2)16(14)32-17(29)31-13-4-5-30-8-13/h6-7,13H,4-5,8H2,1-3H3. The first kappa shape index (κ1) is 24.0. The molecule has 0 spiro atoms. The lowest BCUT2D eigenvalue weighted by atomic mass is 9.90. The maximum absolute atomic E-state index is 14.7. The molecule has 176 valence electrons. The summed E-state index contributed by atoms with van der Waals surface area (Å²) in [5, 5.41) is -0.391. The number of rotatable bonds is 3. The van der Waals surface area contributed by atoms with Gasteiger partial charge in [0.25, 0.3) is 0 Å². The summed E-state index contributed by atoms with van der Waals surface area (Å²) in [5.41, 5.74) is -7.09. The summed E-state index contributed by atoms with van der Waals surface area (Å²) in [6.07, 6.45) is -14.0. The fourth-order valence-electron chi connectivity index (χ4n) is 3.39. The molecule has 2 aromatic rings. The highest BCUT2D eigenvalue weighted by Crippen LogP contribution is 2.54. The molecule has 0 radical (unpaired) electrons. The largest absolute Gasteiger partial charge is 0.514 e. The van der Waals surface area contributed by atoms with E-state index in [9.17, 15) is 35.5 Å². The highest BCUT2D eigenvalue weighted by molar-refractivity contribution is 5.91. The summed E-state index contributed by atoms with van der Waals surface area (Å²) in [6, 6.07) is 0.785. The van der Waals surface area contributed by atoms with Crippen LogP contribution in [0.4, 0.5) is 35.5 Å². The van der Waals surface area contributed by atoms with E-state index in [2.05, 4.69) is 4.98 Å². The molecule has 1 saturated heterocycles. The minimum absolute atomic E-state index is 0.0458. The van der Waals surface area contributed by atoms with Crippen LogP contribution in [0.5, 0.6) is 5.75 Å². The number of aryl methyl sites for hydroxylation is 2. The summed E-state index contributed by atoms with van der Waals surface area (Å²) in [7, 11) is 0. The molecular formula is C20H18F7NO4. The number of ether oxygens (including phenoxy) is 3. The number of carbonyl (C=O) groups excluding carboxylic acids is 1. The monoisotopic (exact) mass is 469 g/mol. The average molecular weight is 469 g/mol. The van der Waals surface area contributed by atoms with Crippen molar-refractivity contribution in [2.75, 3.05) is 13.2 Å². The number of hydrogen-bond donors (Lipinski definition) is 0. The maximum atomic E-state index is 14.7. The number of hydrogen-bond acceptors (Lipinski definition) is 5. The molecule has 1 aromatic heterocycles. The first-order valence-corrected chi connectivity index (χ1v) is 9.37. The van der Waals surface area contributed by atoms with E-state index in [4.69, 9.17) is 14.2 Å². The van der Waals surface area contributed by atoms with Gasteiger partial charge in [-0.2, -0.15) is 26.3 Å². The van der Waals surface area contributed by atoms with Gasteiger partial charge in [-0.1, -0.05) is 0 Å². The van der Waals surface area contributed by atoms with Crippen molar-refractivity contribution in [1.29, 1.82) is 0 Å². The lowest BCUT2D eigenvalue weighted by Crippen LogP contribution is -2.50. The summed E-state index contributed by atoms with van der Waals surface area (Å²) >= 11 is 0. The van der Waals surface area contributed by atoms with Crippen LogP contribution in [-0.2, 0) is 15.1 Å². The molecule has 3 rings (SSSR count). The van der Waals surface area contributed by atoms with Crippen LogP contribution in [0.15, 0.2) is 12.1 Å². The Morgan fingerprint density at radius 2 is 1.69 bits per heavy atom. The third-order valence-electron chi connectivity index (χ3n) is 5.22. The van der Waals surface area contributed by atoms with Crippen LogP contribution in [0.1, 0.15) is 28.8 Å². The van der Waals surface area contributed by atoms with Crippen LogP contribution in [0, 0.1) is 20.8 Å². The third kappa shape index (κ3) is 4.07. The van der Waals surface area contributed by atoms with Gasteiger partial charge in [0.15, 0.2) is 0 Å². The fraction of sp³-hybridized carbons (Fsp3) is 0.500. The number of alkyl halides is 7. The van der Waals surface area contributed by atoms with E-state index in [0.29, 0.717) is 30.9 Å². The van der Waals surface area contributed by atoms with E-state index in [-0.39, 0.29) is 29.0 Å². The zero-order valence-corrected chi connectivity index (χ0v) is 17.1. The highest BCUT2D eigenvalue weighted by atomic mass is 19.4. The number of nitrogens with zero attached hydrogens (tertiary/aromatic N) is 1. The second-order valence-corrected chi connectivity index (χ2v) is 7.45. The van der Waals surface area contributed by atoms with Crippen LogP contribution in [-0.4, -0.2) is 42.8 Å². The zero-order chi connectivity index (χ0) is 24.1. The van der Waals surface area contributed by atoms with Crippen LogP contribution < -0.4 is 4.74 Å². The van der Waals surface area contributed by atoms with Gasteiger partial charge in [0.05, 0.1) is 18.7 Å². The topological polar surface area (TPSA) is 57.7 Å². The second-order valence-electron chi connectivity index (χ2n) is 7.45. The van der Waals surface area contributed by atoms with E-state index in [1.54, 1.807) is 0 Å². The Morgan fingerprint density at radius 3 is 2.22 bits per heavy atom. The normalized spacial score (nSPS) is 17.6. The molecule has 0 aliphatic carbocycles. The van der Waals surface area contributed by atoms with Crippen molar-refractivity contribution < 1.29 is 49.7 Å². The number of halogens is 7. The molecule has 5 nitrogen and oxygen atoms in total. The van der Waals surface area contributed by atoms with Crippen molar-refractivity contribution in [3.05, 3.63) is 34.5 Å². The molecule has 0 N–H and O–H groups in total. The molecule has 1 aromatic carbocycles. The Balaban J connectivity index is 2.18. The molecule has 2 heterocycles. The van der Waals surface area contributed by atoms with Crippen molar-refractivity contribution in [3.8, 4) is 5.75 Å². The van der Waals surface area contributed by atoms with Crippen molar-refractivity contribution in [3.63, 3.8) is 0 Å². The fourth-order valence-corrected chi connectivity index (χ4v) is 3.39. The lowest BCUT2D eigenvalue weighted by Gasteiger charge is -2.31. The van der Waals surface area contributed by atoms with Crippen molar-refractivity contribution in [2.45, 2.75) is 51.3 Å². The van der Waals surface area contributed by atoms with Gasteiger partial charge in [0, 0.05) is 28.6 Å². The van der Waals surface area contributed by atoms with Gasteiger partial charge in [-0.3, -0.25) is 4.98 Å². The molecule has 1 aliphatic heterocycles. The molecule has 12 heteroatoms. The number of aromatic nitrogens is 1. The van der Waals surface area contributed by atoms with E-state index in [1.165, 1.54) is 20.8 Å². The van der Waals surface area contributed by atoms with E-state index in [1.807, 2.05) is 0 Å². The van der Waals surface area contributed by atoms with Crippen LogP contribution >= 0.6 is 0 Å². The minimum atomic E-state index is -6.29. The zero-order valence-electron chi connectivity index (χ0n) is 17.1. The Morgan fingerprint density at radius 1 is 1.06 bits per heavy atom. The molecule has 1 aliphatic rings. The second kappa shape index (κ2) is 8.05. The maximum Gasteiger partial charge on any atom is 0.514 e. The molecule has 1 atom stereocenters. The summed E-state index contributed by atoms with van der Waals surface area (Å²) in [6.45, 7) is 4.56. The Kier molecular flexibility index (Phi) is 6.05. The Labute approximate surface area is 177 Å². The molecule has 0 bridgehead atoms. The molecule has 0 saturated carbocycles. The molecule has 0 amide bonds. The first-order valence-electron chi connectivity index (χ1n) is 9.37. The van der Waals surface area contributed by atoms with Crippen molar-refractivity contribution in [1.82, 2.24) is 4.98 Å². The van der Waals surface area contributed by atoms with Gasteiger partial charge in [-0.05, 0) is 38.5 Å². The first-order chi connectivity index (χ1) is 14.7. The summed E-state index contributed by atoms with van der Waals surface area (Å²) in [5.74, 6) is -0.368. The number of fused-ring (bicyclic) bond motifs is 1. The smallest absolute Gasteiger partial charge is 0.428 e. The summed E-state index contributed by atoms with van der Waals surface area (Å²) < 4.78 is 110. The van der Waals surface area contributed by atoms with Gasteiger partial charge in [0.1, 0.15) is 11.9 Å². The van der Waals surface area contributed by atoms with E-state index < -0.39 is 41.2 Å². The van der Waals surface area contributed by atoms with Crippen LogP contribution in [0.25, 0.3) is 10.9 Å². The highest BCUT2D eigenvalue weighted by Gasteiger charge is 2.73. The predicted octanol–water partition coefficient (Wildman–Crippen LogP) is 5.75. The van der Waals surface area contributed by atoms with Gasteiger partial charge in [0.2, 0.25) is 0 Å². The predicted molar refractivity (Wildman–Crippen MR) is 97.2 cm³/mol. The van der Waals surface area contributed by atoms with Crippen molar-refractivity contribution in [2.24, 2.45) is 0 Å². The third-order valence-corrected chi connectivity index (χ3v) is 5.22. The van der Waals surface area contributed by atoms with Crippen LogP contribution in [0.2, 0.25) is 0 Å². The minimum Gasteiger partial charge on any atom is -0.428 e. The lowest BCUT2D eigenvalue weighted by molar-refractivity contribution is -0.348. The number of carbonyl (C=O) groups is 1. The van der Waals surface area contributed by atoms with Gasteiger partial charge < -0.3 is 14.2 Å². The van der Waals surface area contributed by atoms with Gasteiger partial charge in [-0.25, -0.2) is 9.18 Å². The number of benzene rings is 1. The molecular weight excluding hydrogens is 451 g/mol. The van der Waals surface area contributed by atoms with Gasteiger partial charge in [-0.15, -0.1) is 0 Å². The molecule has 32 heavy (non-hydrogen) atoms. The Hall–Kier alpha value is -2.63.